The van der Waals surface area contributed by atoms with E-state index in [9.17, 15) is 5.11 Å². The van der Waals surface area contributed by atoms with Crippen LogP contribution in [0.25, 0.3) is 0 Å². The van der Waals surface area contributed by atoms with Crippen molar-refractivity contribution >= 4 is 16.5 Å². The molecule has 1 aromatic heterocycles. The summed E-state index contributed by atoms with van der Waals surface area (Å²) < 4.78 is 0. The maximum atomic E-state index is 9.43. The topological polar surface area (TPSA) is 36.4 Å². The molecule has 3 nitrogen and oxygen atoms in total. The van der Waals surface area contributed by atoms with Gasteiger partial charge in [0.1, 0.15) is 0 Å². The number of thiazole rings is 1. The Hall–Kier alpha value is -1.39. The van der Waals surface area contributed by atoms with Crippen molar-refractivity contribution in [3.8, 4) is 0 Å². The third kappa shape index (κ3) is 3.05. The van der Waals surface area contributed by atoms with Gasteiger partial charge in [0.15, 0.2) is 5.13 Å². The number of hydrogen-bond donors (Lipinski definition) is 1. The molecule has 0 amide bonds. The number of hydrogen-bond acceptors (Lipinski definition) is 4. The highest BCUT2D eigenvalue weighted by molar-refractivity contribution is 7.13. The van der Waals surface area contributed by atoms with Crippen LogP contribution in [-0.2, 0) is 6.54 Å². The summed E-state index contributed by atoms with van der Waals surface area (Å²) >= 11 is 1.56. The lowest BCUT2D eigenvalue weighted by molar-refractivity contribution is 0.195. The van der Waals surface area contributed by atoms with Crippen LogP contribution in [0, 0.1) is 0 Å². The van der Waals surface area contributed by atoms with E-state index in [2.05, 4.69) is 22.0 Å². The number of benzene rings is 1. The summed E-state index contributed by atoms with van der Waals surface area (Å²) in [4.78, 5) is 6.49. The van der Waals surface area contributed by atoms with Gasteiger partial charge in [0, 0.05) is 19.0 Å². The van der Waals surface area contributed by atoms with Crippen LogP contribution < -0.4 is 4.90 Å². The van der Waals surface area contributed by atoms with Crippen molar-refractivity contribution < 1.29 is 5.11 Å². The van der Waals surface area contributed by atoms with E-state index < -0.39 is 6.10 Å². The highest BCUT2D eigenvalue weighted by Crippen LogP contribution is 2.24. The van der Waals surface area contributed by atoms with Crippen molar-refractivity contribution in [3.63, 3.8) is 0 Å². The molecule has 1 atom stereocenters. The maximum absolute atomic E-state index is 9.43. The molecule has 0 spiro atoms. The quantitative estimate of drug-likeness (QED) is 0.904. The molecule has 0 aliphatic rings. The average molecular weight is 248 g/mol. The number of anilines is 1. The summed E-state index contributed by atoms with van der Waals surface area (Å²) in [7, 11) is 2.01. The number of aliphatic hydroxyl groups is 1. The summed E-state index contributed by atoms with van der Waals surface area (Å²) in [5.74, 6) is 0. The Labute approximate surface area is 105 Å². The van der Waals surface area contributed by atoms with Crippen molar-refractivity contribution in [3.05, 3.63) is 47.0 Å². The number of aromatic nitrogens is 1. The molecule has 1 aromatic carbocycles. The smallest absolute Gasteiger partial charge is 0.185 e. The summed E-state index contributed by atoms with van der Waals surface area (Å²) in [6, 6.07) is 10.3. The fourth-order valence-corrected chi connectivity index (χ4v) is 2.45. The molecule has 1 unspecified atom stereocenters. The van der Waals surface area contributed by atoms with Gasteiger partial charge in [0.25, 0.3) is 0 Å². The van der Waals surface area contributed by atoms with E-state index in [1.165, 1.54) is 5.56 Å². The molecule has 0 bridgehead atoms. The first-order valence-corrected chi connectivity index (χ1v) is 6.43. The minimum atomic E-state index is -0.495. The molecule has 2 rings (SSSR count). The molecular weight excluding hydrogens is 232 g/mol. The van der Waals surface area contributed by atoms with E-state index in [1.807, 2.05) is 30.6 Å². The van der Waals surface area contributed by atoms with E-state index in [-0.39, 0.29) is 0 Å². The molecule has 0 saturated carbocycles. The Kier molecular flexibility index (Phi) is 3.76. The number of aliphatic hydroxyl groups excluding tert-OH is 1. The lowest BCUT2D eigenvalue weighted by atomic mass is 10.2. The lowest BCUT2D eigenvalue weighted by Crippen LogP contribution is -2.16. The minimum Gasteiger partial charge on any atom is -0.387 e. The number of nitrogens with zero attached hydrogens (tertiary/aromatic N) is 2. The zero-order valence-corrected chi connectivity index (χ0v) is 10.8. The molecule has 1 heterocycles. The van der Waals surface area contributed by atoms with Gasteiger partial charge in [0.05, 0.1) is 11.8 Å². The lowest BCUT2D eigenvalue weighted by Gasteiger charge is -2.15. The average Bonchev–Trinajstić information content (AvgIpc) is 2.79. The van der Waals surface area contributed by atoms with E-state index in [1.54, 1.807) is 18.3 Å². The molecule has 0 saturated heterocycles. The normalized spacial score (nSPS) is 12.4. The minimum absolute atomic E-state index is 0.495. The second kappa shape index (κ2) is 5.29. The first kappa shape index (κ1) is 12.1. The first-order chi connectivity index (χ1) is 8.16. The van der Waals surface area contributed by atoms with Gasteiger partial charge in [-0.1, -0.05) is 30.3 Å². The van der Waals surface area contributed by atoms with Crippen LogP contribution in [0.4, 0.5) is 5.13 Å². The van der Waals surface area contributed by atoms with Crippen LogP contribution in [0.2, 0.25) is 0 Å². The van der Waals surface area contributed by atoms with Crippen LogP contribution in [-0.4, -0.2) is 17.1 Å². The highest BCUT2D eigenvalue weighted by atomic mass is 32.1. The standard InChI is InChI=1S/C13H16N2OS/c1-10(16)12-9-17-13(14-12)15(2)8-11-6-4-3-5-7-11/h3-7,9-10,16H,8H2,1-2H3. The van der Waals surface area contributed by atoms with Crippen molar-refractivity contribution in [1.29, 1.82) is 0 Å². The zero-order valence-electron chi connectivity index (χ0n) is 10.00. The third-order valence-corrected chi connectivity index (χ3v) is 3.50. The van der Waals surface area contributed by atoms with Crippen molar-refractivity contribution in [2.45, 2.75) is 19.6 Å². The molecular formula is C13H16N2OS. The summed E-state index contributed by atoms with van der Waals surface area (Å²) in [5, 5.41) is 12.3. The second-order valence-corrected chi connectivity index (χ2v) is 4.91. The van der Waals surface area contributed by atoms with Crippen LogP contribution in [0.3, 0.4) is 0 Å². The molecule has 4 heteroatoms. The molecule has 0 fully saturated rings. The Bertz CT molecular complexity index is 467. The molecule has 17 heavy (non-hydrogen) atoms. The third-order valence-electron chi connectivity index (χ3n) is 2.53. The predicted octanol–water partition coefficient (Wildman–Crippen LogP) is 2.83. The fourth-order valence-electron chi connectivity index (χ4n) is 1.57. The van der Waals surface area contributed by atoms with Crippen LogP contribution in [0.15, 0.2) is 35.7 Å². The van der Waals surface area contributed by atoms with Crippen molar-refractivity contribution in [2.75, 3.05) is 11.9 Å². The molecule has 0 aliphatic carbocycles. The van der Waals surface area contributed by atoms with E-state index >= 15 is 0 Å². The summed E-state index contributed by atoms with van der Waals surface area (Å²) in [6.45, 7) is 2.56. The van der Waals surface area contributed by atoms with Gasteiger partial charge in [-0.15, -0.1) is 11.3 Å². The monoisotopic (exact) mass is 248 g/mol. The van der Waals surface area contributed by atoms with Gasteiger partial charge in [-0.2, -0.15) is 0 Å². The Balaban J connectivity index is 2.07. The Morgan fingerprint density at radius 2 is 2.06 bits per heavy atom. The van der Waals surface area contributed by atoms with Gasteiger partial charge in [-0.25, -0.2) is 4.98 Å². The van der Waals surface area contributed by atoms with Crippen molar-refractivity contribution in [1.82, 2.24) is 4.98 Å². The van der Waals surface area contributed by atoms with Gasteiger partial charge in [-0.05, 0) is 12.5 Å². The maximum Gasteiger partial charge on any atom is 0.185 e. The van der Waals surface area contributed by atoms with Gasteiger partial charge in [-0.3, -0.25) is 0 Å². The summed E-state index contributed by atoms with van der Waals surface area (Å²) in [5.41, 5.74) is 1.99. The van der Waals surface area contributed by atoms with E-state index in [0.717, 1.165) is 17.4 Å². The zero-order chi connectivity index (χ0) is 12.3. The van der Waals surface area contributed by atoms with Gasteiger partial charge < -0.3 is 10.0 Å². The molecule has 2 aromatic rings. The van der Waals surface area contributed by atoms with Crippen LogP contribution in [0.5, 0.6) is 0 Å². The van der Waals surface area contributed by atoms with E-state index in [4.69, 9.17) is 0 Å². The highest BCUT2D eigenvalue weighted by Gasteiger charge is 2.10. The molecule has 0 aliphatic heterocycles. The largest absolute Gasteiger partial charge is 0.387 e. The van der Waals surface area contributed by atoms with Crippen LogP contribution in [0.1, 0.15) is 24.3 Å². The molecule has 0 radical (unpaired) electrons. The molecule has 90 valence electrons. The summed E-state index contributed by atoms with van der Waals surface area (Å²) in [6.07, 6.45) is -0.495. The SMILES string of the molecule is CC(O)c1csc(N(C)Cc2ccccc2)n1. The molecule has 1 N–H and O–H groups in total. The second-order valence-electron chi connectivity index (χ2n) is 4.07. The van der Waals surface area contributed by atoms with Crippen LogP contribution >= 0.6 is 11.3 Å². The van der Waals surface area contributed by atoms with Crippen molar-refractivity contribution in [2.24, 2.45) is 0 Å². The predicted molar refractivity (Wildman–Crippen MR) is 71.3 cm³/mol. The van der Waals surface area contributed by atoms with Gasteiger partial charge >= 0.3 is 0 Å². The first-order valence-electron chi connectivity index (χ1n) is 5.55. The Morgan fingerprint density at radius 1 is 1.35 bits per heavy atom. The Morgan fingerprint density at radius 3 is 2.65 bits per heavy atom. The van der Waals surface area contributed by atoms with E-state index in [0.29, 0.717) is 0 Å². The van der Waals surface area contributed by atoms with Gasteiger partial charge in [0.2, 0.25) is 0 Å². The number of rotatable bonds is 4. The fraction of sp³-hybridized carbons (Fsp3) is 0.308.